The standard InChI is InChI=1S/C18H28N6O/c1-5-6-11-19-18(21-13-17-23-22-14(2)24(17)3)20-12-15-7-9-16(25-4)10-8-15/h7-10H,5-6,11-13H2,1-4H3,(H2,19,20,21). The van der Waals surface area contributed by atoms with Crippen LogP contribution in [0, 0.1) is 6.92 Å². The van der Waals surface area contributed by atoms with Gasteiger partial charge in [0.25, 0.3) is 0 Å². The molecule has 7 heteroatoms. The highest BCUT2D eigenvalue weighted by molar-refractivity contribution is 5.79. The second-order valence-corrected chi connectivity index (χ2v) is 5.87. The van der Waals surface area contributed by atoms with Crippen LogP contribution < -0.4 is 15.4 Å². The van der Waals surface area contributed by atoms with Gasteiger partial charge in [0, 0.05) is 13.6 Å². The molecular formula is C18H28N6O. The Kier molecular flexibility index (Phi) is 7.25. The average molecular weight is 344 g/mol. The van der Waals surface area contributed by atoms with Gasteiger partial charge in [-0.25, -0.2) is 4.99 Å². The molecule has 0 spiro atoms. The number of guanidine groups is 1. The van der Waals surface area contributed by atoms with E-state index in [1.165, 1.54) is 0 Å². The van der Waals surface area contributed by atoms with Crippen LogP contribution in [0.15, 0.2) is 29.3 Å². The minimum absolute atomic E-state index is 0.581. The SMILES string of the molecule is CCCCNC(=NCc1ccc(OC)cc1)NCc1nnc(C)n1C. The van der Waals surface area contributed by atoms with E-state index in [1.807, 2.05) is 42.8 Å². The minimum Gasteiger partial charge on any atom is -0.497 e. The largest absolute Gasteiger partial charge is 0.497 e. The molecule has 1 aromatic heterocycles. The van der Waals surface area contributed by atoms with Crippen molar-refractivity contribution >= 4 is 5.96 Å². The van der Waals surface area contributed by atoms with Gasteiger partial charge in [0.15, 0.2) is 11.8 Å². The summed E-state index contributed by atoms with van der Waals surface area (Å²) in [4.78, 5) is 4.67. The Hall–Kier alpha value is -2.57. The number of hydrogen-bond acceptors (Lipinski definition) is 4. The number of hydrogen-bond donors (Lipinski definition) is 2. The molecule has 0 aliphatic carbocycles. The summed E-state index contributed by atoms with van der Waals surface area (Å²) in [6, 6.07) is 7.95. The number of aliphatic imine (C=N–C) groups is 1. The predicted molar refractivity (Wildman–Crippen MR) is 99.6 cm³/mol. The third-order valence-electron chi connectivity index (χ3n) is 4.00. The van der Waals surface area contributed by atoms with Crippen molar-refractivity contribution < 1.29 is 4.74 Å². The van der Waals surface area contributed by atoms with Crippen molar-refractivity contribution in [3.63, 3.8) is 0 Å². The number of rotatable bonds is 8. The lowest BCUT2D eigenvalue weighted by atomic mass is 10.2. The Morgan fingerprint density at radius 2 is 1.96 bits per heavy atom. The third-order valence-corrected chi connectivity index (χ3v) is 4.00. The first-order valence-electron chi connectivity index (χ1n) is 8.64. The first kappa shape index (κ1) is 18.8. The van der Waals surface area contributed by atoms with E-state index in [-0.39, 0.29) is 0 Å². The lowest BCUT2D eigenvalue weighted by Gasteiger charge is -2.12. The summed E-state index contributed by atoms with van der Waals surface area (Å²) in [6.45, 7) is 6.18. The normalized spacial score (nSPS) is 11.4. The number of aromatic nitrogens is 3. The van der Waals surface area contributed by atoms with Crippen LogP contribution in [0.5, 0.6) is 5.75 Å². The summed E-state index contributed by atoms with van der Waals surface area (Å²) in [5.41, 5.74) is 1.13. The van der Waals surface area contributed by atoms with Gasteiger partial charge in [-0.1, -0.05) is 25.5 Å². The Balaban J connectivity index is 1.98. The lowest BCUT2D eigenvalue weighted by molar-refractivity contribution is 0.414. The number of methoxy groups -OCH3 is 1. The van der Waals surface area contributed by atoms with Crippen molar-refractivity contribution in [2.24, 2.45) is 12.0 Å². The van der Waals surface area contributed by atoms with Crippen molar-refractivity contribution in [1.29, 1.82) is 0 Å². The van der Waals surface area contributed by atoms with Crippen LogP contribution in [0.3, 0.4) is 0 Å². The van der Waals surface area contributed by atoms with Gasteiger partial charge >= 0.3 is 0 Å². The van der Waals surface area contributed by atoms with Crippen LogP contribution in [0.2, 0.25) is 0 Å². The topological polar surface area (TPSA) is 76.4 Å². The number of nitrogens with zero attached hydrogens (tertiary/aromatic N) is 4. The molecule has 0 amide bonds. The van der Waals surface area contributed by atoms with Gasteiger partial charge in [0.1, 0.15) is 11.6 Å². The summed E-state index contributed by atoms with van der Waals surface area (Å²) in [6.07, 6.45) is 2.24. The quantitative estimate of drug-likeness (QED) is 0.436. The first-order chi connectivity index (χ1) is 12.1. The maximum Gasteiger partial charge on any atom is 0.191 e. The van der Waals surface area contributed by atoms with E-state index in [0.29, 0.717) is 13.1 Å². The zero-order chi connectivity index (χ0) is 18.1. The van der Waals surface area contributed by atoms with Gasteiger partial charge < -0.3 is 19.9 Å². The lowest BCUT2D eigenvalue weighted by Crippen LogP contribution is -2.38. The van der Waals surface area contributed by atoms with Gasteiger partial charge in [-0.05, 0) is 31.0 Å². The van der Waals surface area contributed by atoms with E-state index < -0.39 is 0 Å². The highest BCUT2D eigenvalue weighted by atomic mass is 16.5. The molecule has 1 heterocycles. The highest BCUT2D eigenvalue weighted by Crippen LogP contribution is 2.11. The molecule has 0 aliphatic heterocycles. The van der Waals surface area contributed by atoms with Crippen molar-refractivity contribution in [2.75, 3.05) is 13.7 Å². The monoisotopic (exact) mass is 344 g/mol. The highest BCUT2D eigenvalue weighted by Gasteiger charge is 2.06. The van der Waals surface area contributed by atoms with E-state index in [2.05, 4.69) is 32.7 Å². The van der Waals surface area contributed by atoms with Crippen molar-refractivity contribution in [1.82, 2.24) is 25.4 Å². The molecule has 0 bridgehead atoms. The summed E-state index contributed by atoms with van der Waals surface area (Å²) < 4.78 is 7.16. The predicted octanol–water partition coefficient (Wildman–Crippen LogP) is 2.17. The van der Waals surface area contributed by atoms with Crippen LogP contribution in [-0.2, 0) is 20.1 Å². The molecule has 2 rings (SSSR count). The van der Waals surface area contributed by atoms with E-state index in [4.69, 9.17) is 4.74 Å². The summed E-state index contributed by atoms with van der Waals surface area (Å²) >= 11 is 0. The fourth-order valence-corrected chi connectivity index (χ4v) is 2.23. The van der Waals surface area contributed by atoms with Crippen molar-refractivity contribution in [3.8, 4) is 5.75 Å². The molecule has 136 valence electrons. The fourth-order valence-electron chi connectivity index (χ4n) is 2.23. The zero-order valence-electron chi connectivity index (χ0n) is 15.5. The summed E-state index contributed by atoms with van der Waals surface area (Å²) in [5.74, 6) is 3.41. The summed E-state index contributed by atoms with van der Waals surface area (Å²) in [5, 5.41) is 15.0. The molecule has 25 heavy (non-hydrogen) atoms. The fraction of sp³-hybridized carbons (Fsp3) is 0.500. The van der Waals surface area contributed by atoms with Crippen LogP contribution in [-0.4, -0.2) is 34.4 Å². The molecule has 2 N–H and O–H groups in total. The Labute approximate surface area is 149 Å². The molecule has 0 saturated carbocycles. The van der Waals surface area contributed by atoms with Gasteiger partial charge in [-0.15, -0.1) is 10.2 Å². The molecule has 0 aliphatic rings. The molecule has 0 saturated heterocycles. The Morgan fingerprint density at radius 3 is 2.56 bits per heavy atom. The molecule has 7 nitrogen and oxygen atoms in total. The molecule has 2 aromatic rings. The van der Waals surface area contributed by atoms with Crippen LogP contribution >= 0.6 is 0 Å². The smallest absolute Gasteiger partial charge is 0.191 e. The molecule has 0 atom stereocenters. The number of aryl methyl sites for hydroxylation is 1. The third kappa shape index (κ3) is 5.77. The van der Waals surface area contributed by atoms with E-state index in [1.54, 1.807) is 7.11 Å². The van der Waals surface area contributed by atoms with Gasteiger partial charge in [0.2, 0.25) is 0 Å². The molecular weight excluding hydrogens is 316 g/mol. The van der Waals surface area contributed by atoms with E-state index in [9.17, 15) is 0 Å². The van der Waals surface area contributed by atoms with Crippen LogP contribution in [0.4, 0.5) is 0 Å². The van der Waals surface area contributed by atoms with Crippen molar-refractivity contribution in [3.05, 3.63) is 41.5 Å². The van der Waals surface area contributed by atoms with E-state index >= 15 is 0 Å². The zero-order valence-corrected chi connectivity index (χ0v) is 15.5. The number of nitrogens with one attached hydrogen (secondary N) is 2. The maximum atomic E-state index is 5.19. The molecule has 0 fully saturated rings. The number of ether oxygens (including phenoxy) is 1. The minimum atomic E-state index is 0.581. The van der Waals surface area contributed by atoms with E-state index in [0.717, 1.165) is 48.3 Å². The van der Waals surface area contributed by atoms with Crippen molar-refractivity contribution in [2.45, 2.75) is 39.8 Å². The second-order valence-electron chi connectivity index (χ2n) is 5.87. The molecule has 0 unspecified atom stereocenters. The number of benzene rings is 1. The van der Waals surface area contributed by atoms with Crippen LogP contribution in [0.25, 0.3) is 0 Å². The van der Waals surface area contributed by atoms with Gasteiger partial charge in [0.05, 0.1) is 20.2 Å². The first-order valence-corrected chi connectivity index (χ1v) is 8.64. The second kappa shape index (κ2) is 9.66. The van der Waals surface area contributed by atoms with Gasteiger partial charge in [-0.3, -0.25) is 0 Å². The molecule has 1 aromatic carbocycles. The maximum absolute atomic E-state index is 5.19. The molecule has 0 radical (unpaired) electrons. The average Bonchev–Trinajstić information content (AvgIpc) is 2.96. The van der Waals surface area contributed by atoms with Crippen LogP contribution in [0.1, 0.15) is 37.0 Å². The van der Waals surface area contributed by atoms with Gasteiger partial charge in [-0.2, -0.15) is 0 Å². The Morgan fingerprint density at radius 1 is 1.20 bits per heavy atom. The Bertz CT molecular complexity index is 677. The summed E-state index contributed by atoms with van der Waals surface area (Å²) in [7, 11) is 3.63. The number of unbranched alkanes of at least 4 members (excludes halogenated alkanes) is 1.